The van der Waals surface area contributed by atoms with Gasteiger partial charge in [0.25, 0.3) is 0 Å². The van der Waals surface area contributed by atoms with Crippen molar-refractivity contribution in [2.24, 2.45) is 0 Å². The van der Waals surface area contributed by atoms with Crippen LogP contribution < -0.4 is 0 Å². The Kier molecular flexibility index (Phi) is 3.50. The molecule has 4 heteroatoms. The van der Waals surface area contributed by atoms with Crippen LogP contribution in [-0.2, 0) is 5.60 Å². The molecule has 2 heterocycles. The van der Waals surface area contributed by atoms with Crippen LogP contribution in [0.3, 0.4) is 0 Å². The highest BCUT2D eigenvalue weighted by Gasteiger charge is 2.33. The lowest BCUT2D eigenvalue weighted by Crippen LogP contribution is -2.27. The molecule has 2 rings (SSSR count). The largest absolute Gasteiger partial charge is 0.385 e. The van der Waals surface area contributed by atoms with E-state index in [0.717, 1.165) is 42.4 Å². The highest BCUT2D eigenvalue weighted by molar-refractivity contribution is 9.10. The molecule has 2 nitrogen and oxygen atoms in total. The first-order valence-electron chi connectivity index (χ1n) is 5.25. The Bertz CT molecular complexity index is 341. The van der Waals surface area contributed by atoms with E-state index in [1.165, 1.54) is 0 Å². The zero-order valence-corrected chi connectivity index (χ0v) is 11.3. The van der Waals surface area contributed by atoms with E-state index in [2.05, 4.69) is 33.3 Å². The van der Waals surface area contributed by atoms with Gasteiger partial charge in [-0.1, -0.05) is 0 Å². The summed E-state index contributed by atoms with van der Waals surface area (Å²) in [4.78, 5) is 2.29. The van der Waals surface area contributed by atoms with Crippen LogP contribution in [0.15, 0.2) is 15.2 Å². The molecule has 0 bridgehead atoms. The maximum Gasteiger partial charge on any atom is 0.0928 e. The van der Waals surface area contributed by atoms with E-state index in [4.69, 9.17) is 0 Å². The van der Waals surface area contributed by atoms with Crippen LogP contribution in [0.1, 0.15) is 24.8 Å². The van der Waals surface area contributed by atoms with Crippen LogP contribution in [-0.4, -0.2) is 30.1 Å². The Morgan fingerprint density at radius 3 is 2.87 bits per heavy atom. The number of hydrogen-bond donors (Lipinski definition) is 1. The summed E-state index contributed by atoms with van der Waals surface area (Å²) in [6, 6.07) is 0. The van der Waals surface area contributed by atoms with Gasteiger partial charge in [0.15, 0.2) is 0 Å². The number of aliphatic hydroxyl groups is 1. The van der Waals surface area contributed by atoms with Gasteiger partial charge in [-0.3, -0.25) is 0 Å². The fourth-order valence-corrected chi connectivity index (χ4v) is 3.89. The van der Waals surface area contributed by atoms with Crippen molar-refractivity contribution in [2.45, 2.75) is 24.9 Å². The average Bonchev–Trinajstić information content (AvgIpc) is 2.55. The zero-order chi connectivity index (χ0) is 10.9. The maximum absolute atomic E-state index is 10.7. The second kappa shape index (κ2) is 4.53. The van der Waals surface area contributed by atoms with Crippen LogP contribution in [0.4, 0.5) is 0 Å². The van der Waals surface area contributed by atoms with Crippen LogP contribution in [0.5, 0.6) is 0 Å². The molecule has 1 fully saturated rings. The summed E-state index contributed by atoms with van der Waals surface area (Å²) in [5, 5.41) is 14.8. The van der Waals surface area contributed by atoms with Crippen LogP contribution in [0.2, 0.25) is 0 Å². The third-order valence-electron chi connectivity index (χ3n) is 3.15. The predicted octanol–water partition coefficient (Wildman–Crippen LogP) is 2.81. The topological polar surface area (TPSA) is 23.5 Å². The minimum atomic E-state index is -0.621. The Hall–Kier alpha value is 0.100. The molecule has 1 aliphatic heterocycles. The van der Waals surface area contributed by atoms with E-state index >= 15 is 0 Å². The molecule has 1 aliphatic rings. The first-order chi connectivity index (χ1) is 7.12. The number of hydrogen-bond acceptors (Lipinski definition) is 3. The molecule has 0 radical (unpaired) electrons. The summed E-state index contributed by atoms with van der Waals surface area (Å²) in [5.41, 5.74) is 0.451. The monoisotopic (exact) mass is 289 g/mol. The molecule has 1 saturated heterocycles. The molecule has 1 aromatic rings. The van der Waals surface area contributed by atoms with Crippen molar-refractivity contribution in [2.75, 3.05) is 20.1 Å². The van der Waals surface area contributed by atoms with Crippen LogP contribution >= 0.6 is 27.3 Å². The van der Waals surface area contributed by atoms with Crippen molar-refractivity contribution in [1.82, 2.24) is 4.90 Å². The smallest absolute Gasteiger partial charge is 0.0928 e. The molecule has 0 spiro atoms. The van der Waals surface area contributed by atoms with E-state index in [0.29, 0.717) is 0 Å². The lowest BCUT2D eigenvalue weighted by Gasteiger charge is -2.26. The molecular weight excluding hydrogens is 274 g/mol. The zero-order valence-electron chi connectivity index (χ0n) is 8.87. The first-order valence-corrected chi connectivity index (χ1v) is 6.98. The van der Waals surface area contributed by atoms with Crippen molar-refractivity contribution < 1.29 is 5.11 Å². The van der Waals surface area contributed by atoms with Gasteiger partial charge in [0.05, 0.1) is 5.60 Å². The summed E-state index contributed by atoms with van der Waals surface area (Å²) in [6.07, 6.45) is 2.76. The normalized spacial score (nSPS) is 29.0. The maximum atomic E-state index is 10.7. The minimum absolute atomic E-state index is 0.621. The summed E-state index contributed by atoms with van der Waals surface area (Å²) >= 11 is 5.16. The molecular formula is C11H16BrNOS. The summed E-state index contributed by atoms with van der Waals surface area (Å²) in [7, 11) is 2.12. The van der Waals surface area contributed by atoms with Gasteiger partial charge >= 0.3 is 0 Å². The lowest BCUT2D eigenvalue weighted by molar-refractivity contribution is 0.0216. The quantitative estimate of drug-likeness (QED) is 0.859. The van der Waals surface area contributed by atoms with Gasteiger partial charge in [0, 0.05) is 22.0 Å². The molecule has 0 aromatic carbocycles. The Morgan fingerprint density at radius 2 is 2.20 bits per heavy atom. The Morgan fingerprint density at radius 1 is 1.40 bits per heavy atom. The van der Waals surface area contributed by atoms with Gasteiger partial charge in [0.2, 0.25) is 0 Å². The number of rotatable bonds is 1. The average molecular weight is 290 g/mol. The summed E-state index contributed by atoms with van der Waals surface area (Å²) in [6.45, 7) is 2.06. The van der Waals surface area contributed by atoms with Crippen molar-refractivity contribution in [3.63, 3.8) is 0 Å². The SMILES string of the molecule is CN1CCCC(O)(c2cscc2Br)CC1. The molecule has 1 aromatic heterocycles. The number of thiophene rings is 1. The van der Waals surface area contributed by atoms with Gasteiger partial charge in [-0.2, -0.15) is 11.3 Å². The second-order valence-corrected chi connectivity index (χ2v) is 5.92. The van der Waals surface area contributed by atoms with Gasteiger partial charge in [0.1, 0.15) is 0 Å². The number of nitrogens with zero attached hydrogens (tertiary/aromatic N) is 1. The van der Waals surface area contributed by atoms with E-state index in [-0.39, 0.29) is 0 Å². The van der Waals surface area contributed by atoms with E-state index in [1.807, 2.05) is 5.38 Å². The van der Waals surface area contributed by atoms with Gasteiger partial charge in [-0.05, 0) is 54.2 Å². The highest BCUT2D eigenvalue weighted by Crippen LogP contribution is 2.38. The molecule has 1 N–H and O–H groups in total. The lowest BCUT2D eigenvalue weighted by atomic mass is 9.89. The standard InChI is InChI=1S/C11H16BrNOS/c1-13-5-2-3-11(14,4-6-13)9-7-15-8-10(9)12/h7-8,14H,2-6H2,1H3. The van der Waals surface area contributed by atoms with E-state index < -0.39 is 5.60 Å². The van der Waals surface area contributed by atoms with E-state index in [1.54, 1.807) is 11.3 Å². The van der Waals surface area contributed by atoms with E-state index in [9.17, 15) is 5.11 Å². The van der Waals surface area contributed by atoms with Crippen LogP contribution in [0, 0.1) is 0 Å². The summed E-state index contributed by atoms with van der Waals surface area (Å²) in [5.74, 6) is 0. The molecule has 0 saturated carbocycles. The molecule has 84 valence electrons. The first kappa shape index (κ1) is 11.6. The van der Waals surface area contributed by atoms with Crippen molar-refractivity contribution in [1.29, 1.82) is 0 Å². The third kappa shape index (κ3) is 2.44. The fraction of sp³-hybridized carbons (Fsp3) is 0.636. The highest BCUT2D eigenvalue weighted by atomic mass is 79.9. The van der Waals surface area contributed by atoms with Gasteiger partial charge in [-0.25, -0.2) is 0 Å². The van der Waals surface area contributed by atoms with Crippen LogP contribution in [0.25, 0.3) is 0 Å². The number of halogens is 1. The molecule has 1 atom stereocenters. The van der Waals surface area contributed by atoms with Crippen molar-refractivity contribution in [3.8, 4) is 0 Å². The van der Waals surface area contributed by atoms with Crippen molar-refractivity contribution >= 4 is 27.3 Å². The van der Waals surface area contributed by atoms with Crippen molar-refractivity contribution in [3.05, 3.63) is 20.8 Å². The molecule has 1 unspecified atom stereocenters. The predicted molar refractivity (Wildman–Crippen MR) is 67.3 cm³/mol. The van der Waals surface area contributed by atoms with Gasteiger partial charge < -0.3 is 10.0 Å². The minimum Gasteiger partial charge on any atom is -0.385 e. The van der Waals surface area contributed by atoms with Gasteiger partial charge in [-0.15, -0.1) is 0 Å². The molecule has 0 amide bonds. The fourth-order valence-electron chi connectivity index (χ4n) is 2.14. The summed E-state index contributed by atoms with van der Waals surface area (Å²) < 4.78 is 1.06. The second-order valence-electron chi connectivity index (χ2n) is 4.32. The molecule has 15 heavy (non-hydrogen) atoms. The number of likely N-dealkylation sites (tertiary alicyclic amines) is 1. The Balaban J connectivity index is 2.22. The Labute approximate surface area is 103 Å². The third-order valence-corrected chi connectivity index (χ3v) is 4.86. The molecule has 0 aliphatic carbocycles.